The van der Waals surface area contributed by atoms with E-state index in [1.165, 1.54) is 0 Å². The molecule has 0 aliphatic carbocycles. The molecule has 0 atom stereocenters. The van der Waals surface area contributed by atoms with E-state index in [0.29, 0.717) is 22.4 Å². The number of thiocarbonyl (C=S) groups is 1. The number of fused-ring (bicyclic) bond motifs is 1. The molecule has 0 unspecified atom stereocenters. The molecule has 2 heterocycles. The molecule has 1 saturated heterocycles. The highest BCUT2D eigenvalue weighted by Gasteiger charge is 2.14. The number of morpholine rings is 1. The first-order valence-electron chi connectivity index (χ1n) is 12.1. The quantitative estimate of drug-likeness (QED) is 0.315. The number of ether oxygens (including phenoxy) is 4. The topological polar surface area (TPSA) is 77.1 Å². The minimum Gasteiger partial charge on any atom is -0.493 e. The highest BCUT2D eigenvalue weighted by Crippen LogP contribution is 2.38. The predicted molar refractivity (Wildman–Crippen MR) is 147 cm³/mol. The predicted octanol–water partition coefficient (Wildman–Crippen LogP) is 4.67. The zero-order valence-corrected chi connectivity index (χ0v) is 22.2. The van der Waals surface area contributed by atoms with E-state index in [9.17, 15) is 0 Å². The normalized spacial score (nSPS) is 13.9. The molecule has 192 valence electrons. The molecular formula is C27H34N4O4S. The van der Waals surface area contributed by atoms with Crippen LogP contribution in [0.25, 0.3) is 10.9 Å². The number of rotatable bonds is 9. The second-order valence-electron chi connectivity index (χ2n) is 8.76. The highest BCUT2D eigenvalue weighted by atomic mass is 32.1. The van der Waals surface area contributed by atoms with Gasteiger partial charge in [0.15, 0.2) is 16.6 Å². The molecule has 9 heteroatoms. The van der Waals surface area contributed by atoms with Crippen LogP contribution in [0.5, 0.6) is 23.0 Å². The number of pyridine rings is 1. The van der Waals surface area contributed by atoms with Gasteiger partial charge in [-0.1, -0.05) is 0 Å². The van der Waals surface area contributed by atoms with Gasteiger partial charge in [-0.2, -0.15) is 0 Å². The number of aromatic nitrogens is 1. The van der Waals surface area contributed by atoms with E-state index < -0.39 is 0 Å². The zero-order valence-electron chi connectivity index (χ0n) is 21.3. The number of methoxy groups -OCH3 is 2. The van der Waals surface area contributed by atoms with Gasteiger partial charge in [0, 0.05) is 43.0 Å². The Bertz CT molecular complexity index is 1210. The summed E-state index contributed by atoms with van der Waals surface area (Å²) >= 11 is 5.53. The molecule has 4 rings (SSSR count). The fraction of sp³-hybridized carbons (Fsp3) is 0.407. The Kier molecular flexibility index (Phi) is 8.79. The molecule has 1 aliphatic rings. The van der Waals surface area contributed by atoms with Crippen molar-refractivity contribution in [3.8, 4) is 23.0 Å². The van der Waals surface area contributed by atoms with Crippen LogP contribution in [0.3, 0.4) is 0 Å². The van der Waals surface area contributed by atoms with E-state index >= 15 is 0 Å². The van der Waals surface area contributed by atoms with Crippen LogP contribution in [0.1, 0.15) is 17.5 Å². The Hall–Kier alpha value is -3.14. The first-order chi connectivity index (χ1) is 17.5. The van der Waals surface area contributed by atoms with Crippen LogP contribution in [0, 0.1) is 13.8 Å². The number of nitrogens with zero attached hydrogens (tertiary/aromatic N) is 2. The lowest BCUT2D eigenvalue weighted by atomic mass is 10.1. The molecule has 2 aromatic carbocycles. The molecule has 0 spiro atoms. The van der Waals surface area contributed by atoms with Crippen LogP contribution < -0.4 is 24.8 Å². The monoisotopic (exact) mass is 510 g/mol. The first-order valence-corrected chi connectivity index (χ1v) is 12.5. The van der Waals surface area contributed by atoms with Crippen molar-refractivity contribution in [2.75, 3.05) is 58.9 Å². The average molecular weight is 511 g/mol. The molecule has 2 N–H and O–H groups in total. The van der Waals surface area contributed by atoms with Crippen molar-refractivity contribution in [3.05, 3.63) is 47.7 Å². The van der Waals surface area contributed by atoms with Crippen molar-refractivity contribution in [2.24, 2.45) is 0 Å². The van der Waals surface area contributed by atoms with E-state index in [2.05, 4.69) is 26.6 Å². The first kappa shape index (κ1) is 25.9. The number of anilines is 1. The third-order valence-electron chi connectivity index (χ3n) is 6.24. The van der Waals surface area contributed by atoms with E-state index in [0.717, 1.165) is 79.3 Å². The number of hydrogen-bond acceptors (Lipinski definition) is 7. The van der Waals surface area contributed by atoms with E-state index in [1.54, 1.807) is 20.4 Å². The fourth-order valence-electron chi connectivity index (χ4n) is 4.19. The van der Waals surface area contributed by atoms with Crippen molar-refractivity contribution in [3.63, 3.8) is 0 Å². The number of aryl methyl sites for hydroxylation is 2. The summed E-state index contributed by atoms with van der Waals surface area (Å²) in [7, 11) is 3.22. The van der Waals surface area contributed by atoms with Gasteiger partial charge in [-0.05, 0) is 74.4 Å². The molecule has 0 saturated carbocycles. The third kappa shape index (κ3) is 6.34. The van der Waals surface area contributed by atoms with Gasteiger partial charge >= 0.3 is 0 Å². The summed E-state index contributed by atoms with van der Waals surface area (Å²) in [6.07, 6.45) is 2.76. The summed E-state index contributed by atoms with van der Waals surface area (Å²) in [6.45, 7) is 9.59. The summed E-state index contributed by atoms with van der Waals surface area (Å²) in [4.78, 5) is 6.88. The standard InChI is InChI=1S/C27H34N4O4S/c1-18-15-24(35-23-6-8-28-22-17-26(33-4)25(32-3)16-20(22)23)19(2)14-21(18)30-27(36)29-7-5-9-31-10-12-34-13-11-31/h6,8,14-17H,5,7,9-13H2,1-4H3,(H2,29,30,36). The van der Waals surface area contributed by atoms with Crippen LogP contribution in [0.2, 0.25) is 0 Å². The van der Waals surface area contributed by atoms with Gasteiger partial charge in [0.05, 0.1) is 33.0 Å². The van der Waals surface area contributed by atoms with Crippen molar-refractivity contribution >= 4 is 33.9 Å². The van der Waals surface area contributed by atoms with Gasteiger partial charge in [0.1, 0.15) is 11.5 Å². The molecule has 0 amide bonds. The van der Waals surface area contributed by atoms with Gasteiger partial charge < -0.3 is 29.6 Å². The Labute approximate surface area is 217 Å². The molecule has 1 fully saturated rings. The van der Waals surface area contributed by atoms with Crippen molar-refractivity contribution < 1.29 is 18.9 Å². The molecule has 1 aromatic heterocycles. The van der Waals surface area contributed by atoms with E-state index in [4.69, 9.17) is 31.2 Å². The Balaban J connectivity index is 1.40. The van der Waals surface area contributed by atoms with Gasteiger partial charge in [0.25, 0.3) is 0 Å². The van der Waals surface area contributed by atoms with Crippen LogP contribution in [0.4, 0.5) is 5.69 Å². The van der Waals surface area contributed by atoms with E-state index in [-0.39, 0.29) is 0 Å². The number of benzene rings is 2. The SMILES string of the molecule is COc1cc2nccc(Oc3cc(C)c(NC(=S)NCCCN4CCOCC4)cc3C)c2cc1OC. The lowest BCUT2D eigenvalue weighted by Crippen LogP contribution is -2.38. The van der Waals surface area contributed by atoms with Crippen molar-refractivity contribution in [1.29, 1.82) is 0 Å². The molecule has 1 aliphatic heterocycles. The van der Waals surface area contributed by atoms with Crippen molar-refractivity contribution in [1.82, 2.24) is 15.2 Å². The molecule has 36 heavy (non-hydrogen) atoms. The summed E-state index contributed by atoms with van der Waals surface area (Å²) in [5.41, 5.74) is 3.74. The molecule has 0 radical (unpaired) electrons. The summed E-state index contributed by atoms with van der Waals surface area (Å²) in [5, 5.41) is 8.11. The molecule has 0 bridgehead atoms. The summed E-state index contributed by atoms with van der Waals surface area (Å²) in [6, 6.07) is 9.66. The zero-order chi connectivity index (χ0) is 25.5. The maximum absolute atomic E-state index is 6.35. The van der Waals surface area contributed by atoms with Crippen LogP contribution in [0.15, 0.2) is 36.5 Å². The largest absolute Gasteiger partial charge is 0.493 e. The van der Waals surface area contributed by atoms with Crippen LogP contribution in [-0.4, -0.2) is 68.6 Å². The number of hydrogen-bond donors (Lipinski definition) is 2. The fourth-order valence-corrected chi connectivity index (χ4v) is 4.40. The van der Waals surface area contributed by atoms with Gasteiger partial charge in [-0.3, -0.25) is 9.88 Å². The smallest absolute Gasteiger partial charge is 0.170 e. The lowest BCUT2D eigenvalue weighted by molar-refractivity contribution is 0.0376. The summed E-state index contributed by atoms with van der Waals surface area (Å²) in [5.74, 6) is 2.72. The lowest BCUT2D eigenvalue weighted by Gasteiger charge is -2.26. The Morgan fingerprint density at radius 2 is 1.75 bits per heavy atom. The van der Waals surface area contributed by atoms with Crippen molar-refractivity contribution in [2.45, 2.75) is 20.3 Å². The van der Waals surface area contributed by atoms with E-state index in [1.807, 2.05) is 38.1 Å². The third-order valence-corrected chi connectivity index (χ3v) is 6.48. The molecule has 3 aromatic rings. The Morgan fingerprint density at radius 1 is 1.00 bits per heavy atom. The minimum atomic E-state index is 0.620. The Morgan fingerprint density at radius 3 is 2.50 bits per heavy atom. The van der Waals surface area contributed by atoms with Gasteiger partial charge in [-0.15, -0.1) is 0 Å². The second-order valence-corrected chi connectivity index (χ2v) is 9.16. The highest BCUT2D eigenvalue weighted by molar-refractivity contribution is 7.80. The van der Waals surface area contributed by atoms with Crippen LogP contribution >= 0.6 is 12.2 Å². The number of nitrogens with one attached hydrogen (secondary N) is 2. The maximum Gasteiger partial charge on any atom is 0.170 e. The minimum absolute atomic E-state index is 0.620. The molecule has 8 nitrogen and oxygen atoms in total. The second kappa shape index (κ2) is 12.2. The average Bonchev–Trinajstić information content (AvgIpc) is 2.89. The van der Waals surface area contributed by atoms with Crippen LogP contribution in [-0.2, 0) is 4.74 Å². The van der Waals surface area contributed by atoms with Gasteiger partial charge in [0.2, 0.25) is 0 Å². The maximum atomic E-state index is 6.35. The summed E-state index contributed by atoms with van der Waals surface area (Å²) < 4.78 is 22.6. The van der Waals surface area contributed by atoms with Gasteiger partial charge in [-0.25, -0.2) is 0 Å². The molecular weight excluding hydrogens is 476 g/mol.